The van der Waals surface area contributed by atoms with E-state index < -0.39 is 0 Å². The summed E-state index contributed by atoms with van der Waals surface area (Å²) in [5.74, 6) is 0.0650. The van der Waals surface area contributed by atoms with Crippen LogP contribution in [0.2, 0.25) is 0 Å². The highest BCUT2D eigenvalue weighted by molar-refractivity contribution is 5.98. The van der Waals surface area contributed by atoms with Crippen molar-refractivity contribution in [1.82, 2.24) is 5.32 Å². The Labute approximate surface area is 107 Å². The number of para-hydroxylation sites is 1. The molecule has 1 heterocycles. The Morgan fingerprint density at radius 1 is 1.50 bits per heavy atom. The molecule has 1 unspecified atom stereocenters. The molecule has 0 bridgehead atoms. The van der Waals surface area contributed by atoms with Crippen molar-refractivity contribution in [2.75, 3.05) is 25.0 Å². The van der Waals surface area contributed by atoms with Gasteiger partial charge in [-0.3, -0.25) is 4.79 Å². The van der Waals surface area contributed by atoms with E-state index in [1.165, 1.54) is 0 Å². The zero-order valence-corrected chi connectivity index (χ0v) is 10.7. The van der Waals surface area contributed by atoms with E-state index in [0.29, 0.717) is 17.8 Å². The molecule has 94 valence electrons. The molecule has 0 radical (unpaired) electrons. The van der Waals surface area contributed by atoms with Gasteiger partial charge in [0.15, 0.2) is 0 Å². The molecule has 4 heteroatoms. The number of anilines is 1. The minimum atomic E-state index is -0.364. The van der Waals surface area contributed by atoms with Gasteiger partial charge in [0, 0.05) is 13.6 Å². The van der Waals surface area contributed by atoms with Crippen molar-refractivity contribution in [3.63, 3.8) is 0 Å². The molecule has 0 aromatic heterocycles. The normalized spacial score (nSPS) is 22.5. The van der Waals surface area contributed by atoms with Crippen LogP contribution in [-0.2, 0) is 4.79 Å². The van der Waals surface area contributed by atoms with Crippen molar-refractivity contribution in [1.29, 1.82) is 5.26 Å². The lowest BCUT2D eigenvalue weighted by molar-refractivity contribution is -0.126. The van der Waals surface area contributed by atoms with Crippen molar-refractivity contribution in [2.45, 2.75) is 13.3 Å². The lowest BCUT2D eigenvalue weighted by Gasteiger charge is -2.28. The van der Waals surface area contributed by atoms with Gasteiger partial charge in [0.05, 0.1) is 16.7 Å². The monoisotopic (exact) mass is 243 g/mol. The van der Waals surface area contributed by atoms with Crippen LogP contribution in [0.3, 0.4) is 0 Å². The molecule has 1 saturated heterocycles. The maximum Gasteiger partial charge on any atom is 0.234 e. The average Bonchev–Trinajstić information content (AvgIpc) is 2.85. The summed E-state index contributed by atoms with van der Waals surface area (Å²) in [7, 11) is 1.74. The molecule has 4 nitrogen and oxygen atoms in total. The minimum Gasteiger partial charge on any atom is -0.316 e. The van der Waals surface area contributed by atoms with Gasteiger partial charge in [-0.15, -0.1) is 0 Å². The van der Waals surface area contributed by atoms with Crippen LogP contribution in [0, 0.1) is 16.7 Å². The SMILES string of the molecule is CN(C(=O)C1(C)CCNC1)c1ccccc1C#N. The van der Waals surface area contributed by atoms with Crippen LogP contribution in [-0.4, -0.2) is 26.0 Å². The van der Waals surface area contributed by atoms with E-state index in [1.54, 1.807) is 24.1 Å². The summed E-state index contributed by atoms with van der Waals surface area (Å²) >= 11 is 0. The fourth-order valence-electron chi connectivity index (χ4n) is 2.37. The van der Waals surface area contributed by atoms with E-state index >= 15 is 0 Å². The zero-order chi connectivity index (χ0) is 13.2. The molecule has 2 rings (SSSR count). The van der Waals surface area contributed by atoms with Gasteiger partial charge in [-0.2, -0.15) is 5.26 Å². The summed E-state index contributed by atoms with van der Waals surface area (Å²) in [6.45, 7) is 3.54. The van der Waals surface area contributed by atoms with E-state index in [1.807, 2.05) is 19.1 Å². The summed E-state index contributed by atoms with van der Waals surface area (Å²) in [5, 5.41) is 12.3. The Morgan fingerprint density at radius 3 is 2.83 bits per heavy atom. The van der Waals surface area contributed by atoms with Crippen LogP contribution in [0.1, 0.15) is 18.9 Å². The lowest BCUT2D eigenvalue weighted by atomic mass is 9.88. The standard InChI is InChI=1S/C14H17N3O/c1-14(7-8-16-10-14)13(18)17(2)12-6-4-3-5-11(12)9-15/h3-6,16H,7-8,10H2,1-2H3. The highest BCUT2D eigenvalue weighted by Crippen LogP contribution is 2.30. The van der Waals surface area contributed by atoms with Gasteiger partial charge in [-0.25, -0.2) is 0 Å². The number of nitriles is 1. The largest absolute Gasteiger partial charge is 0.316 e. The van der Waals surface area contributed by atoms with Gasteiger partial charge in [-0.05, 0) is 32.0 Å². The number of carbonyl (C=O) groups is 1. The number of hydrogen-bond donors (Lipinski definition) is 1. The van der Waals surface area contributed by atoms with Gasteiger partial charge in [0.1, 0.15) is 6.07 Å². The smallest absolute Gasteiger partial charge is 0.234 e. The molecule has 18 heavy (non-hydrogen) atoms. The zero-order valence-electron chi connectivity index (χ0n) is 10.7. The molecule has 0 aliphatic carbocycles. The second kappa shape index (κ2) is 4.79. The van der Waals surface area contributed by atoms with E-state index in [2.05, 4.69) is 11.4 Å². The quantitative estimate of drug-likeness (QED) is 0.856. The number of benzene rings is 1. The topological polar surface area (TPSA) is 56.1 Å². The van der Waals surface area contributed by atoms with Crippen LogP contribution < -0.4 is 10.2 Å². The average molecular weight is 243 g/mol. The fraction of sp³-hybridized carbons (Fsp3) is 0.429. The third-order valence-corrected chi connectivity index (χ3v) is 3.58. The van der Waals surface area contributed by atoms with Gasteiger partial charge in [-0.1, -0.05) is 12.1 Å². The fourth-order valence-corrected chi connectivity index (χ4v) is 2.37. The van der Waals surface area contributed by atoms with E-state index in [9.17, 15) is 4.79 Å². The van der Waals surface area contributed by atoms with Gasteiger partial charge < -0.3 is 10.2 Å². The molecule has 1 aromatic rings. The number of carbonyl (C=O) groups excluding carboxylic acids is 1. The molecule has 0 spiro atoms. The third kappa shape index (κ3) is 2.09. The molecule has 1 N–H and O–H groups in total. The number of amides is 1. The molecule has 1 aromatic carbocycles. The summed E-state index contributed by atoms with van der Waals surface area (Å²) in [6, 6.07) is 9.31. The number of rotatable bonds is 2. The molecule has 1 atom stereocenters. The molecular formula is C14H17N3O. The van der Waals surface area contributed by atoms with Crippen LogP contribution >= 0.6 is 0 Å². The first-order valence-electron chi connectivity index (χ1n) is 6.06. The van der Waals surface area contributed by atoms with Crippen molar-refractivity contribution >= 4 is 11.6 Å². The summed E-state index contributed by atoms with van der Waals surface area (Å²) in [6.07, 6.45) is 0.838. The number of nitrogens with zero attached hydrogens (tertiary/aromatic N) is 2. The minimum absolute atomic E-state index is 0.0650. The van der Waals surface area contributed by atoms with Crippen molar-refractivity contribution < 1.29 is 4.79 Å². The molecule has 1 amide bonds. The molecule has 1 aliphatic rings. The lowest BCUT2D eigenvalue weighted by Crippen LogP contribution is -2.42. The highest BCUT2D eigenvalue weighted by atomic mass is 16.2. The number of hydrogen-bond acceptors (Lipinski definition) is 3. The highest BCUT2D eigenvalue weighted by Gasteiger charge is 2.38. The number of nitrogens with one attached hydrogen (secondary N) is 1. The molecular weight excluding hydrogens is 226 g/mol. The Kier molecular flexibility index (Phi) is 3.35. The summed E-state index contributed by atoms with van der Waals surface area (Å²) in [4.78, 5) is 14.1. The third-order valence-electron chi connectivity index (χ3n) is 3.58. The summed E-state index contributed by atoms with van der Waals surface area (Å²) < 4.78 is 0. The van der Waals surface area contributed by atoms with Crippen molar-refractivity contribution in [3.05, 3.63) is 29.8 Å². The Morgan fingerprint density at radius 2 is 2.22 bits per heavy atom. The second-order valence-electron chi connectivity index (χ2n) is 4.98. The van der Waals surface area contributed by atoms with E-state index in [-0.39, 0.29) is 11.3 Å². The predicted molar refractivity (Wildman–Crippen MR) is 70.2 cm³/mol. The van der Waals surface area contributed by atoms with E-state index in [4.69, 9.17) is 5.26 Å². The Hall–Kier alpha value is -1.86. The van der Waals surface area contributed by atoms with Crippen LogP contribution in [0.25, 0.3) is 0 Å². The first-order valence-corrected chi connectivity index (χ1v) is 6.06. The van der Waals surface area contributed by atoms with Crippen LogP contribution in [0.15, 0.2) is 24.3 Å². The first kappa shape index (κ1) is 12.6. The maximum atomic E-state index is 12.5. The van der Waals surface area contributed by atoms with Gasteiger partial charge in [0.2, 0.25) is 5.91 Å². The Bertz CT molecular complexity index is 498. The van der Waals surface area contributed by atoms with Crippen molar-refractivity contribution in [2.24, 2.45) is 5.41 Å². The van der Waals surface area contributed by atoms with Crippen LogP contribution in [0.5, 0.6) is 0 Å². The van der Waals surface area contributed by atoms with E-state index in [0.717, 1.165) is 13.0 Å². The first-order chi connectivity index (χ1) is 8.58. The van der Waals surface area contributed by atoms with Gasteiger partial charge >= 0.3 is 0 Å². The van der Waals surface area contributed by atoms with Crippen molar-refractivity contribution in [3.8, 4) is 6.07 Å². The van der Waals surface area contributed by atoms with Gasteiger partial charge in [0.25, 0.3) is 0 Å². The second-order valence-corrected chi connectivity index (χ2v) is 4.98. The molecule has 1 aliphatic heterocycles. The maximum absolute atomic E-state index is 12.5. The summed E-state index contributed by atoms with van der Waals surface area (Å²) in [5.41, 5.74) is 0.846. The molecule has 0 saturated carbocycles. The predicted octanol–water partition coefficient (Wildman–Crippen LogP) is 1.52. The Balaban J connectivity index is 2.29. The van der Waals surface area contributed by atoms with Crippen LogP contribution in [0.4, 0.5) is 5.69 Å². The molecule has 1 fully saturated rings.